The van der Waals surface area contributed by atoms with Crippen LogP contribution in [0.2, 0.25) is 0 Å². The third kappa shape index (κ3) is 1.98. The zero-order valence-electron chi connectivity index (χ0n) is 7.79. The number of fused-ring (bicyclic) bond motifs is 1. The normalized spacial score (nSPS) is 16.4. The molecule has 0 atom stereocenters. The Hall–Kier alpha value is -0.670. The largest absolute Gasteiger partial charge is 0.316 e. The minimum Gasteiger partial charge on any atom is -0.316 e. The first kappa shape index (κ1) is 8.91. The van der Waals surface area contributed by atoms with Crippen molar-refractivity contribution < 1.29 is 0 Å². The van der Waals surface area contributed by atoms with E-state index in [0.29, 0.717) is 0 Å². The van der Waals surface area contributed by atoms with Gasteiger partial charge in [0, 0.05) is 30.9 Å². The number of benzene rings is 1. The summed E-state index contributed by atoms with van der Waals surface area (Å²) in [5, 5.41) is 0. The summed E-state index contributed by atoms with van der Waals surface area (Å²) < 4.78 is 5.69. The van der Waals surface area contributed by atoms with Crippen molar-refractivity contribution in [3.63, 3.8) is 0 Å². The fourth-order valence-electron chi connectivity index (χ4n) is 1.47. The highest BCUT2D eigenvalue weighted by atomic mass is 32.2. The summed E-state index contributed by atoms with van der Waals surface area (Å²) >= 11 is 1.71. The fourth-order valence-corrected chi connectivity index (χ4v) is 2.37. The number of anilines is 1. The first-order chi connectivity index (χ1) is 6.40. The second-order valence-electron chi connectivity index (χ2n) is 3.21. The maximum atomic E-state index is 3.34. The Balaban J connectivity index is 2.11. The number of hydrogen-bond acceptors (Lipinski definition) is 3. The van der Waals surface area contributed by atoms with E-state index in [1.165, 1.54) is 17.7 Å². The van der Waals surface area contributed by atoms with Gasteiger partial charge in [-0.15, -0.1) is 0 Å². The first-order valence-corrected chi connectivity index (χ1v) is 5.43. The molecule has 0 aromatic heterocycles. The molecule has 2 rings (SSSR count). The topological polar surface area (TPSA) is 15.3 Å². The number of nitrogens with one attached hydrogen (secondary N) is 1. The molecule has 0 bridgehead atoms. The summed E-state index contributed by atoms with van der Waals surface area (Å²) in [5.41, 5.74) is 2.66. The van der Waals surface area contributed by atoms with Crippen molar-refractivity contribution >= 4 is 17.8 Å². The zero-order chi connectivity index (χ0) is 9.10. The van der Waals surface area contributed by atoms with Crippen LogP contribution in [-0.4, -0.2) is 10.8 Å². The molecule has 0 saturated heterocycles. The Morgan fingerprint density at radius 1 is 1.46 bits per heavy atom. The molecule has 1 aliphatic rings. The lowest BCUT2D eigenvalue weighted by Crippen LogP contribution is -2.22. The van der Waals surface area contributed by atoms with Crippen molar-refractivity contribution in [2.45, 2.75) is 19.9 Å². The zero-order valence-corrected chi connectivity index (χ0v) is 8.60. The Morgan fingerprint density at radius 2 is 2.31 bits per heavy atom. The van der Waals surface area contributed by atoms with E-state index in [4.69, 9.17) is 0 Å². The maximum absolute atomic E-state index is 3.34. The lowest BCUT2D eigenvalue weighted by atomic mass is 10.2. The van der Waals surface area contributed by atoms with E-state index in [1.54, 1.807) is 12.1 Å². The van der Waals surface area contributed by atoms with Crippen molar-refractivity contribution in [1.29, 1.82) is 0 Å². The molecule has 0 fully saturated rings. The van der Waals surface area contributed by atoms with Crippen LogP contribution in [0.3, 0.4) is 0 Å². The molecule has 0 radical (unpaired) electrons. The van der Waals surface area contributed by atoms with Gasteiger partial charge in [0.15, 0.2) is 0 Å². The molecular formula is C10H14N2S. The highest BCUT2D eigenvalue weighted by Crippen LogP contribution is 2.28. The molecule has 1 aromatic rings. The Kier molecular flexibility index (Phi) is 2.76. The molecule has 2 nitrogen and oxygen atoms in total. The van der Waals surface area contributed by atoms with Crippen LogP contribution in [0.1, 0.15) is 18.9 Å². The summed E-state index contributed by atoms with van der Waals surface area (Å²) in [4.78, 5) is 0. The van der Waals surface area contributed by atoms with E-state index in [9.17, 15) is 0 Å². The monoisotopic (exact) mass is 194 g/mol. The SMILES string of the molecule is CCCN1Cc2ccccc2NS1. The van der Waals surface area contributed by atoms with E-state index in [-0.39, 0.29) is 0 Å². The summed E-state index contributed by atoms with van der Waals surface area (Å²) in [6, 6.07) is 8.48. The van der Waals surface area contributed by atoms with Crippen LogP contribution in [0.4, 0.5) is 5.69 Å². The van der Waals surface area contributed by atoms with Crippen LogP contribution in [-0.2, 0) is 6.54 Å². The summed E-state index contributed by atoms with van der Waals surface area (Å²) in [5.74, 6) is 0. The van der Waals surface area contributed by atoms with Crippen LogP contribution in [0, 0.1) is 0 Å². The van der Waals surface area contributed by atoms with Crippen LogP contribution < -0.4 is 4.72 Å². The average molecular weight is 194 g/mol. The first-order valence-electron chi connectivity index (χ1n) is 4.66. The van der Waals surface area contributed by atoms with E-state index in [2.05, 4.69) is 40.2 Å². The Labute approximate surface area is 83.6 Å². The molecule has 1 N–H and O–H groups in total. The van der Waals surface area contributed by atoms with E-state index in [1.807, 2.05) is 0 Å². The van der Waals surface area contributed by atoms with Crippen molar-refractivity contribution in [2.24, 2.45) is 0 Å². The quantitative estimate of drug-likeness (QED) is 0.729. The molecule has 1 aromatic carbocycles. The Bertz CT molecular complexity index is 288. The van der Waals surface area contributed by atoms with Gasteiger partial charge >= 0.3 is 0 Å². The summed E-state index contributed by atoms with van der Waals surface area (Å²) in [6.07, 6.45) is 1.21. The molecule has 70 valence electrons. The van der Waals surface area contributed by atoms with E-state index in [0.717, 1.165) is 13.1 Å². The van der Waals surface area contributed by atoms with E-state index < -0.39 is 0 Å². The van der Waals surface area contributed by atoms with Gasteiger partial charge in [0.25, 0.3) is 0 Å². The standard InChI is InChI=1S/C10H14N2S/c1-2-7-12-8-9-5-3-4-6-10(9)11-13-12/h3-6,11H,2,7-8H2,1H3. The number of nitrogens with zero attached hydrogens (tertiary/aromatic N) is 1. The average Bonchev–Trinajstić information content (AvgIpc) is 2.18. The molecule has 1 heterocycles. The molecule has 0 spiro atoms. The van der Waals surface area contributed by atoms with Gasteiger partial charge in [0.2, 0.25) is 0 Å². The van der Waals surface area contributed by atoms with Crippen LogP contribution in [0.5, 0.6) is 0 Å². The molecule has 0 unspecified atom stereocenters. The predicted octanol–water partition coefficient (Wildman–Crippen LogP) is 2.89. The smallest absolute Gasteiger partial charge is 0.0497 e. The third-order valence-electron chi connectivity index (χ3n) is 2.12. The number of hydrogen-bond donors (Lipinski definition) is 1. The van der Waals surface area contributed by atoms with E-state index >= 15 is 0 Å². The maximum Gasteiger partial charge on any atom is 0.0497 e. The molecule has 13 heavy (non-hydrogen) atoms. The summed E-state index contributed by atoms with van der Waals surface area (Å²) in [7, 11) is 0. The van der Waals surface area contributed by atoms with Crippen LogP contribution >= 0.6 is 12.1 Å². The molecule has 0 saturated carbocycles. The summed E-state index contributed by atoms with van der Waals surface area (Å²) in [6.45, 7) is 4.41. The fraction of sp³-hybridized carbons (Fsp3) is 0.400. The van der Waals surface area contributed by atoms with Gasteiger partial charge in [0.1, 0.15) is 0 Å². The number of rotatable bonds is 2. The van der Waals surface area contributed by atoms with Gasteiger partial charge in [-0.05, 0) is 18.1 Å². The van der Waals surface area contributed by atoms with Crippen molar-refractivity contribution in [3.8, 4) is 0 Å². The van der Waals surface area contributed by atoms with Crippen molar-refractivity contribution in [2.75, 3.05) is 11.3 Å². The third-order valence-corrected chi connectivity index (χ3v) is 3.00. The highest BCUT2D eigenvalue weighted by Gasteiger charge is 2.14. The van der Waals surface area contributed by atoms with Gasteiger partial charge in [-0.3, -0.25) is 0 Å². The van der Waals surface area contributed by atoms with Crippen LogP contribution in [0.15, 0.2) is 24.3 Å². The van der Waals surface area contributed by atoms with Gasteiger partial charge in [0.05, 0.1) is 0 Å². The lowest BCUT2D eigenvalue weighted by Gasteiger charge is -2.27. The molecule has 1 aliphatic heterocycles. The van der Waals surface area contributed by atoms with Crippen molar-refractivity contribution in [3.05, 3.63) is 29.8 Å². The second kappa shape index (κ2) is 4.03. The minimum atomic E-state index is 1.06. The van der Waals surface area contributed by atoms with Crippen LogP contribution in [0.25, 0.3) is 0 Å². The van der Waals surface area contributed by atoms with Gasteiger partial charge in [-0.1, -0.05) is 25.1 Å². The van der Waals surface area contributed by atoms with Gasteiger partial charge in [-0.25, -0.2) is 4.31 Å². The van der Waals surface area contributed by atoms with Gasteiger partial charge in [-0.2, -0.15) is 0 Å². The number of para-hydroxylation sites is 1. The van der Waals surface area contributed by atoms with Crippen molar-refractivity contribution in [1.82, 2.24) is 4.31 Å². The molecule has 0 amide bonds. The Morgan fingerprint density at radius 3 is 3.15 bits per heavy atom. The highest BCUT2D eigenvalue weighted by molar-refractivity contribution is 7.98. The molecule has 0 aliphatic carbocycles. The lowest BCUT2D eigenvalue weighted by molar-refractivity contribution is 0.463. The molecule has 3 heteroatoms. The van der Waals surface area contributed by atoms with Gasteiger partial charge < -0.3 is 4.72 Å². The molecular weight excluding hydrogens is 180 g/mol. The predicted molar refractivity (Wildman–Crippen MR) is 58.4 cm³/mol. The minimum absolute atomic E-state index is 1.06. The second-order valence-corrected chi connectivity index (χ2v) is 4.12.